The minimum absolute atomic E-state index is 0.0855. The molecule has 24 N–H and O–H groups in total. The summed E-state index contributed by atoms with van der Waals surface area (Å²) >= 11 is 0. The van der Waals surface area contributed by atoms with Crippen LogP contribution in [-0.2, 0) is 110 Å². The molecule has 1 heterocycles. The van der Waals surface area contributed by atoms with Crippen molar-refractivity contribution in [3.63, 3.8) is 0 Å². The first-order valence-electron chi connectivity index (χ1n) is 39.0. The number of nitrogens with one attached hydrogen (secondary N) is 22. The molecule has 0 fully saturated rings. The zero-order valence-electron chi connectivity index (χ0n) is 71.9. The number of nitrogens with two attached hydrogens (primary N) is 1. The summed E-state index contributed by atoms with van der Waals surface area (Å²) in [5, 5.41) is 53.0. The Morgan fingerprint density at radius 3 is 0.884 bits per heavy atom. The van der Waals surface area contributed by atoms with Gasteiger partial charge in [-0.05, 0) is 183 Å². The highest BCUT2D eigenvalue weighted by molar-refractivity contribution is 6.03. The average molecular weight is 1710 g/mol. The van der Waals surface area contributed by atoms with Crippen LogP contribution >= 0.6 is 0 Å². The third-order valence-corrected chi connectivity index (χ3v) is 18.7. The van der Waals surface area contributed by atoms with Crippen molar-refractivity contribution in [3.8, 4) is 12.3 Å². The predicted octanol–water partition coefficient (Wildman–Crippen LogP) is -9.92. The molecule has 0 aromatic rings. The number of amides is 23. The van der Waals surface area contributed by atoms with E-state index in [1.807, 2.05) is 0 Å². The van der Waals surface area contributed by atoms with Crippen molar-refractivity contribution in [2.24, 2.45) is 5.73 Å². The first kappa shape index (κ1) is 106. The third-order valence-electron chi connectivity index (χ3n) is 18.7. The van der Waals surface area contributed by atoms with E-state index in [9.17, 15) is 110 Å². The molecule has 23 amide bonds. The number of primary amides is 1. The standard InChI is InChI=1S/C75H121N23O23/c1-23-51(99)78-34(4)55(103)81-36(6)57(105)83-38(8)59(107)85-40(10)61(109)87-41(11)62(110)88-43(13)64(112)90-45(15)66(114)92-47(17)68(116)94-50(20)71(119)98-74(21)29-27-25-24-26-28-30-75(22,97-70(118)49(19)79-52(100)31-77-54(102)33(3)95-72(74)120)73(121)96-48(18)69(117)93-46(16)67(115)91-44(14)65(113)89-42(12)63(111)86-39(9)60(108)84-37(7)58(106)82-35(5)56(104)80-32(2)53(76)101/h1,24,26,32-50H,25,27-31H2,2-22H3,(H2,76,101)(H,77,102)(H,78,99)(H,79,100)(H,80,104)(H,81,103)(H,82,106)(H,83,105)(H,84,108)(H,85,107)(H,86,111)(H,87,109)(H,88,110)(H,89,113)(H,90,112)(H,91,115)(H,92,114)(H,93,117)(H,94,116)(H,95,120)(H,96,121)(H,97,118)(H,98,119)/b26-24-/t32?,33-,34-,35-,36?,37?,38-,39-,40?,41-,42?,43?,44-,45-,46?,47?,48-,49-,50-,74-,75-/m0/s1. The third kappa shape index (κ3) is 36.5. The van der Waals surface area contributed by atoms with E-state index in [1.165, 1.54) is 145 Å². The van der Waals surface area contributed by atoms with Gasteiger partial charge < -0.3 is 123 Å². The Hall–Kier alpha value is -12.9. The molecule has 1 rings (SSSR count). The van der Waals surface area contributed by atoms with Crippen molar-refractivity contribution in [3.05, 3.63) is 12.2 Å². The molecule has 1 aliphatic heterocycles. The van der Waals surface area contributed by atoms with Gasteiger partial charge in [-0.3, -0.25) is 110 Å². The molecule has 0 radical (unpaired) electrons. The van der Waals surface area contributed by atoms with Crippen molar-refractivity contribution in [2.75, 3.05) is 6.54 Å². The maximum absolute atomic E-state index is 14.2. The number of terminal acetylenes is 1. The number of rotatable bonds is 36. The molecule has 0 bridgehead atoms. The first-order valence-corrected chi connectivity index (χ1v) is 39.0. The van der Waals surface area contributed by atoms with Crippen LogP contribution in [-0.4, -0.2) is 268 Å². The van der Waals surface area contributed by atoms with Gasteiger partial charge in [-0.25, -0.2) is 0 Å². The number of carbonyl (C=O) groups excluding carboxylic acids is 23. The van der Waals surface area contributed by atoms with E-state index >= 15 is 0 Å². The van der Waals surface area contributed by atoms with Crippen LogP contribution in [0.25, 0.3) is 0 Å². The molecule has 0 saturated heterocycles. The molecule has 0 aliphatic carbocycles. The quantitative estimate of drug-likeness (QED) is 0.0205. The fraction of sp³-hybridized carbons (Fsp3) is 0.640. The smallest absolute Gasteiger partial charge is 0.296 e. The molecule has 674 valence electrons. The van der Waals surface area contributed by atoms with Crippen molar-refractivity contribution in [2.45, 2.75) is 303 Å². The molecule has 121 heavy (non-hydrogen) atoms. The normalized spacial score (nSPS) is 21.0. The van der Waals surface area contributed by atoms with Gasteiger partial charge in [0, 0.05) is 0 Å². The van der Waals surface area contributed by atoms with E-state index < -0.39 is 268 Å². The number of hydrogen-bond acceptors (Lipinski definition) is 23. The second-order valence-electron chi connectivity index (χ2n) is 30.1. The van der Waals surface area contributed by atoms with Crippen molar-refractivity contribution in [1.82, 2.24) is 117 Å². The highest BCUT2D eigenvalue weighted by Gasteiger charge is 2.41. The second-order valence-corrected chi connectivity index (χ2v) is 30.1. The molecule has 46 heteroatoms. The zero-order chi connectivity index (χ0) is 93.2. The summed E-state index contributed by atoms with van der Waals surface area (Å²) in [7, 11) is 0. The largest absolute Gasteiger partial charge is 0.368 e. The van der Waals surface area contributed by atoms with Crippen LogP contribution in [0, 0.1) is 12.3 Å². The van der Waals surface area contributed by atoms with E-state index in [0.29, 0.717) is 0 Å². The van der Waals surface area contributed by atoms with Gasteiger partial charge in [-0.1, -0.05) is 12.2 Å². The SMILES string of the molecule is C#CC(=O)N[C@@H](C)C(=O)NC(C)C(=O)N[C@@H](C)C(=O)NC(C)C(=O)N[C@@H](C)C(=O)NC(C)C(=O)N[C@@H](C)C(=O)NC(C)C(=O)N[C@@H](C)C(=O)N[C@@]1(C)CCC/C=C\CC[C@@](C)(C(=O)N[C@@H](C)C(=O)NC(C)C(=O)N[C@@H](C)C(=O)NC(C)C(=O)N[C@@H](C)C(=O)NC(C)C(=O)N[C@@H](C)C(=O)NC(C)C(N)=O)NC(=O)[C@H](C)NC(=O)CNC(=O)[C@H](C)NC1=O. The molecular weight excluding hydrogens is 1590 g/mol. The van der Waals surface area contributed by atoms with Gasteiger partial charge >= 0.3 is 0 Å². The Bertz CT molecular complexity index is 3960. The minimum Gasteiger partial charge on any atom is -0.368 e. The average Bonchev–Trinajstić information content (AvgIpc) is 0.831. The Morgan fingerprint density at radius 2 is 0.603 bits per heavy atom. The fourth-order valence-electron chi connectivity index (χ4n) is 10.3. The predicted molar refractivity (Wildman–Crippen MR) is 431 cm³/mol. The summed E-state index contributed by atoms with van der Waals surface area (Å²) < 4.78 is 0. The Balaban J connectivity index is 3.03. The van der Waals surface area contributed by atoms with Gasteiger partial charge in [-0.15, -0.1) is 6.42 Å². The highest BCUT2D eigenvalue weighted by Crippen LogP contribution is 2.19. The zero-order valence-corrected chi connectivity index (χ0v) is 71.9. The van der Waals surface area contributed by atoms with E-state index in [4.69, 9.17) is 12.2 Å². The van der Waals surface area contributed by atoms with Gasteiger partial charge in [0.1, 0.15) is 126 Å². The van der Waals surface area contributed by atoms with Crippen LogP contribution < -0.4 is 123 Å². The minimum atomic E-state index is -1.82. The van der Waals surface area contributed by atoms with Crippen LogP contribution in [0.4, 0.5) is 0 Å². The molecule has 46 nitrogen and oxygen atoms in total. The summed E-state index contributed by atoms with van der Waals surface area (Å²) in [6.07, 6.45) is 8.57. The van der Waals surface area contributed by atoms with Crippen molar-refractivity contribution >= 4 is 136 Å². The monoisotopic (exact) mass is 1710 g/mol. The molecule has 21 atom stereocenters. The molecule has 0 saturated carbocycles. The van der Waals surface area contributed by atoms with Gasteiger partial charge in [0.05, 0.1) is 6.54 Å². The summed E-state index contributed by atoms with van der Waals surface area (Å²) in [5.41, 5.74) is 1.52. The van der Waals surface area contributed by atoms with Gasteiger partial charge in [-0.2, -0.15) is 0 Å². The molecule has 0 aromatic carbocycles. The first-order chi connectivity index (χ1) is 55.9. The van der Waals surface area contributed by atoms with Gasteiger partial charge in [0.25, 0.3) is 5.91 Å². The second kappa shape index (κ2) is 49.5. The number of allylic oxidation sites excluding steroid dienone is 2. The Labute approximate surface area is 700 Å². The maximum atomic E-state index is 14.2. The van der Waals surface area contributed by atoms with Crippen LogP contribution in [0.1, 0.15) is 178 Å². The van der Waals surface area contributed by atoms with E-state index in [-0.39, 0.29) is 32.1 Å². The van der Waals surface area contributed by atoms with Crippen LogP contribution in [0.5, 0.6) is 0 Å². The molecule has 0 aromatic heterocycles. The van der Waals surface area contributed by atoms with Crippen LogP contribution in [0.2, 0.25) is 0 Å². The molecule has 8 unspecified atom stereocenters. The lowest BCUT2D eigenvalue weighted by Gasteiger charge is -2.32. The van der Waals surface area contributed by atoms with Crippen LogP contribution in [0.15, 0.2) is 12.2 Å². The summed E-state index contributed by atoms with van der Waals surface area (Å²) in [4.78, 5) is 300. The van der Waals surface area contributed by atoms with Crippen molar-refractivity contribution < 1.29 is 110 Å². The number of hydrogen-bond donors (Lipinski definition) is 23. The van der Waals surface area contributed by atoms with Gasteiger partial charge in [0.15, 0.2) is 0 Å². The lowest BCUT2D eigenvalue weighted by molar-refractivity contribution is -0.137. The fourth-order valence-corrected chi connectivity index (χ4v) is 10.3. The Morgan fingerprint density at radius 1 is 0.355 bits per heavy atom. The summed E-state index contributed by atoms with van der Waals surface area (Å²) in [6, 6.07) is -24.1. The maximum Gasteiger partial charge on any atom is 0.296 e. The Kier molecular flexibility index (Phi) is 43.4. The van der Waals surface area contributed by atoms with Crippen molar-refractivity contribution in [1.29, 1.82) is 0 Å². The topological polar surface area (TPSA) is 683 Å². The molecule has 1 aliphatic rings. The van der Waals surface area contributed by atoms with Gasteiger partial charge in [0.2, 0.25) is 130 Å². The lowest BCUT2D eigenvalue weighted by Crippen LogP contribution is -2.63. The van der Waals surface area contributed by atoms with E-state index in [2.05, 4.69) is 117 Å². The lowest BCUT2D eigenvalue weighted by atomic mass is 9.91. The van der Waals surface area contributed by atoms with E-state index in [0.717, 1.165) is 0 Å². The summed E-state index contributed by atoms with van der Waals surface area (Å²) in [6.45, 7) is 26.5. The number of carbonyl (C=O) groups is 23. The van der Waals surface area contributed by atoms with Crippen LogP contribution in [0.3, 0.4) is 0 Å². The van der Waals surface area contributed by atoms with E-state index in [1.54, 1.807) is 18.1 Å². The summed E-state index contributed by atoms with van der Waals surface area (Å²) in [5.74, 6) is -17.7. The molecular formula is C75H121N23O23. The molecule has 0 spiro atoms. The highest BCUT2D eigenvalue weighted by atomic mass is 16.2.